The predicted molar refractivity (Wildman–Crippen MR) is 90.6 cm³/mol. The zero-order chi connectivity index (χ0) is 17.0. The van der Waals surface area contributed by atoms with Gasteiger partial charge in [0.1, 0.15) is 0 Å². The molecule has 0 aliphatic heterocycles. The highest BCUT2D eigenvalue weighted by Crippen LogP contribution is 2.46. The molecule has 0 saturated carbocycles. The maximum absolute atomic E-state index is 12.4. The largest absolute Gasteiger partial charge is 0.465 e. The minimum absolute atomic E-state index is 0.257. The number of esters is 1. The second-order valence-corrected chi connectivity index (χ2v) is 8.34. The van der Waals surface area contributed by atoms with Crippen molar-refractivity contribution in [1.82, 2.24) is 0 Å². The molecule has 0 fully saturated rings. The Balaban J connectivity index is 2.73. The third-order valence-electron chi connectivity index (χ3n) is 4.87. The molecule has 1 unspecified atom stereocenters. The van der Waals surface area contributed by atoms with Crippen molar-refractivity contribution in [1.29, 1.82) is 0 Å². The molecular formula is C19H34O3. The number of aliphatic hydroxyl groups is 1. The third kappa shape index (κ3) is 4.84. The Hall–Kier alpha value is -0.830. The average Bonchev–Trinajstić information content (AvgIpc) is 2.37. The maximum atomic E-state index is 12.4. The Bertz CT molecular complexity index is 409. The lowest BCUT2D eigenvalue weighted by Gasteiger charge is -2.43. The first-order valence-electron chi connectivity index (χ1n) is 8.59. The number of hydrogen-bond donors (Lipinski definition) is 1. The van der Waals surface area contributed by atoms with Gasteiger partial charge in [-0.25, -0.2) is 0 Å². The van der Waals surface area contributed by atoms with Gasteiger partial charge >= 0.3 is 5.97 Å². The first-order valence-corrected chi connectivity index (χ1v) is 8.59. The fourth-order valence-corrected chi connectivity index (χ4v) is 3.23. The molecule has 1 rings (SSSR count). The average molecular weight is 310 g/mol. The molecule has 0 aromatic carbocycles. The van der Waals surface area contributed by atoms with Crippen LogP contribution < -0.4 is 0 Å². The van der Waals surface area contributed by atoms with Gasteiger partial charge in [-0.2, -0.15) is 0 Å². The molecule has 1 N–H and O–H groups in total. The molecule has 0 radical (unpaired) electrons. The topological polar surface area (TPSA) is 46.5 Å². The summed E-state index contributed by atoms with van der Waals surface area (Å²) < 4.78 is 5.24. The van der Waals surface area contributed by atoms with Gasteiger partial charge in [0.2, 0.25) is 0 Å². The monoisotopic (exact) mass is 310 g/mol. The zero-order valence-electron chi connectivity index (χ0n) is 15.3. The molecule has 0 spiro atoms. The van der Waals surface area contributed by atoms with Crippen LogP contribution in [0.25, 0.3) is 0 Å². The number of hydrogen-bond acceptors (Lipinski definition) is 3. The molecular weight excluding hydrogens is 276 g/mol. The molecule has 3 nitrogen and oxygen atoms in total. The normalized spacial score (nSPS) is 23.1. The van der Waals surface area contributed by atoms with E-state index in [0.717, 1.165) is 12.8 Å². The SMILES string of the molecule is CCOC(=O)C1(C(C)(C)O)CC=C(CCCC(C)(C)C)CC1. The van der Waals surface area contributed by atoms with Gasteiger partial charge < -0.3 is 9.84 Å². The Labute approximate surface area is 136 Å². The van der Waals surface area contributed by atoms with Gasteiger partial charge in [0.05, 0.1) is 17.6 Å². The highest BCUT2D eigenvalue weighted by Gasteiger charge is 2.51. The van der Waals surface area contributed by atoms with Crippen LogP contribution >= 0.6 is 0 Å². The Morgan fingerprint density at radius 1 is 1.32 bits per heavy atom. The minimum atomic E-state index is -1.06. The van der Waals surface area contributed by atoms with Crippen LogP contribution in [0.15, 0.2) is 11.6 Å². The van der Waals surface area contributed by atoms with E-state index in [2.05, 4.69) is 26.8 Å². The molecule has 0 amide bonds. The summed E-state index contributed by atoms with van der Waals surface area (Å²) in [5.74, 6) is -0.257. The molecule has 3 heteroatoms. The fourth-order valence-electron chi connectivity index (χ4n) is 3.23. The van der Waals surface area contributed by atoms with Crippen molar-refractivity contribution in [3.63, 3.8) is 0 Å². The second-order valence-electron chi connectivity index (χ2n) is 8.34. The van der Waals surface area contributed by atoms with E-state index in [1.807, 2.05) is 6.92 Å². The summed E-state index contributed by atoms with van der Waals surface area (Å²) in [4.78, 5) is 12.4. The standard InChI is InChI=1S/C19H34O3/c1-7-22-16(20)19(18(5,6)21)13-10-15(11-14-19)9-8-12-17(2,3)4/h10,21H,7-9,11-14H2,1-6H3. The third-order valence-corrected chi connectivity index (χ3v) is 4.87. The van der Waals surface area contributed by atoms with Gasteiger partial charge in [-0.05, 0) is 64.7 Å². The van der Waals surface area contributed by atoms with Gasteiger partial charge in [-0.3, -0.25) is 4.79 Å². The van der Waals surface area contributed by atoms with E-state index in [1.54, 1.807) is 13.8 Å². The molecule has 0 aromatic rings. The first-order chi connectivity index (χ1) is 10.0. The minimum Gasteiger partial charge on any atom is -0.465 e. The smallest absolute Gasteiger partial charge is 0.315 e. The van der Waals surface area contributed by atoms with Crippen LogP contribution in [0.3, 0.4) is 0 Å². The first kappa shape index (κ1) is 19.2. The zero-order valence-corrected chi connectivity index (χ0v) is 15.3. The van der Waals surface area contributed by atoms with Crippen LogP contribution in [0.5, 0.6) is 0 Å². The Morgan fingerprint density at radius 2 is 1.95 bits per heavy atom. The van der Waals surface area contributed by atoms with Crippen molar-refractivity contribution in [2.45, 2.75) is 85.7 Å². The molecule has 0 heterocycles. The van der Waals surface area contributed by atoms with Crippen LogP contribution in [-0.2, 0) is 9.53 Å². The molecule has 0 saturated heterocycles. The van der Waals surface area contributed by atoms with Crippen LogP contribution in [0.1, 0.15) is 80.1 Å². The lowest BCUT2D eigenvalue weighted by atomic mass is 9.65. The van der Waals surface area contributed by atoms with E-state index < -0.39 is 11.0 Å². The quantitative estimate of drug-likeness (QED) is 0.574. The van der Waals surface area contributed by atoms with E-state index in [4.69, 9.17) is 4.74 Å². The number of rotatable bonds is 6. The summed E-state index contributed by atoms with van der Waals surface area (Å²) >= 11 is 0. The molecule has 1 aliphatic rings. The Morgan fingerprint density at radius 3 is 2.36 bits per heavy atom. The van der Waals surface area contributed by atoms with Crippen LogP contribution in [-0.4, -0.2) is 23.3 Å². The van der Waals surface area contributed by atoms with Gasteiger partial charge in [0, 0.05) is 0 Å². The predicted octanol–water partition coefficient (Wildman–Crippen LogP) is 4.63. The van der Waals surface area contributed by atoms with E-state index in [9.17, 15) is 9.90 Å². The fraction of sp³-hybridized carbons (Fsp3) is 0.842. The maximum Gasteiger partial charge on any atom is 0.315 e. The van der Waals surface area contributed by atoms with E-state index in [-0.39, 0.29) is 5.97 Å². The second kappa shape index (κ2) is 7.16. The molecule has 0 bridgehead atoms. The summed E-state index contributed by atoms with van der Waals surface area (Å²) in [6.45, 7) is 12.4. The van der Waals surface area contributed by atoms with Gasteiger partial charge in [0.15, 0.2) is 0 Å². The molecule has 1 atom stereocenters. The van der Waals surface area contributed by atoms with Crippen molar-refractivity contribution < 1.29 is 14.6 Å². The number of ether oxygens (including phenoxy) is 1. The van der Waals surface area contributed by atoms with Crippen molar-refractivity contribution in [3.05, 3.63) is 11.6 Å². The summed E-state index contributed by atoms with van der Waals surface area (Å²) in [7, 11) is 0. The summed E-state index contributed by atoms with van der Waals surface area (Å²) in [5.41, 5.74) is -0.0614. The summed E-state index contributed by atoms with van der Waals surface area (Å²) in [6.07, 6.45) is 7.80. The number of carbonyl (C=O) groups excluding carboxylic acids is 1. The van der Waals surface area contributed by atoms with Crippen molar-refractivity contribution >= 4 is 5.97 Å². The van der Waals surface area contributed by atoms with Gasteiger partial charge in [0.25, 0.3) is 0 Å². The van der Waals surface area contributed by atoms with Crippen LogP contribution in [0.2, 0.25) is 0 Å². The highest BCUT2D eigenvalue weighted by molar-refractivity contribution is 5.79. The van der Waals surface area contributed by atoms with Crippen LogP contribution in [0.4, 0.5) is 0 Å². The lowest BCUT2D eigenvalue weighted by molar-refractivity contribution is -0.173. The Kier molecular flexibility index (Phi) is 6.26. The molecule has 22 heavy (non-hydrogen) atoms. The van der Waals surface area contributed by atoms with Crippen LogP contribution in [0, 0.1) is 10.8 Å². The highest BCUT2D eigenvalue weighted by atomic mass is 16.5. The number of carbonyl (C=O) groups is 1. The van der Waals surface area contributed by atoms with Crippen molar-refractivity contribution in [2.24, 2.45) is 10.8 Å². The van der Waals surface area contributed by atoms with Gasteiger partial charge in [-0.1, -0.05) is 32.4 Å². The molecule has 0 aromatic heterocycles. The van der Waals surface area contributed by atoms with Gasteiger partial charge in [-0.15, -0.1) is 0 Å². The van der Waals surface area contributed by atoms with E-state index in [0.29, 0.717) is 24.9 Å². The van der Waals surface area contributed by atoms with E-state index >= 15 is 0 Å². The lowest BCUT2D eigenvalue weighted by Crippen LogP contribution is -2.51. The van der Waals surface area contributed by atoms with Crippen molar-refractivity contribution in [3.8, 4) is 0 Å². The van der Waals surface area contributed by atoms with E-state index in [1.165, 1.54) is 18.4 Å². The summed E-state index contributed by atoms with van der Waals surface area (Å²) in [6, 6.07) is 0. The van der Waals surface area contributed by atoms with Crippen molar-refractivity contribution in [2.75, 3.05) is 6.61 Å². The number of allylic oxidation sites excluding steroid dienone is 2. The molecule has 1 aliphatic carbocycles. The molecule has 128 valence electrons. The summed E-state index contributed by atoms with van der Waals surface area (Å²) in [5, 5.41) is 10.5.